The van der Waals surface area contributed by atoms with Crippen molar-refractivity contribution in [3.8, 4) is 0 Å². The van der Waals surface area contributed by atoms with Crippen LogP contribution in [0.2, 0.25) is 5.28 Å². The first-order valence-electron chi connectivity index (χ1n) is 7.85. The number of nitrogens with zero attached hydrogens (tertiary/aromatic N) is 5. The Hall–Kier alpha value is -1.40. The van der Waals surface area contributed by atoms with E-state index in [-0.39, 0.29) is 11.3 Å². The first-order chi connectivity index (χ1) is 10.6. The zero-order valence-electron chi connectivity index (χ0n) is 13.3. The van der Waals surface area contributed by atoms with Crippen molar-refractivity contribution in [1.29, 1.82) is 0 Å². The van der Waals surface area contributed by atoms with Gasteiger partial charge in [0.25, 0.3) is 0 Å². The third kappa shape index (κ3) is 2.77. The van der Waals surface area contributed by atoms with Gasteiger partial charge in [0, 0.05) is 20.0 Å². The zero-order chi connectivity index (χ0) is 15.7. The monoisotopic (exact) mass is 323 g/mol. The first kappa shape index (κ1) is 15.5. The number of fused-ring (bicyclic) bond motifs is 1. The Kier molecular flexibility index (Phi) is 4.49. The Bertz CT molecular complexity index is 671. The Morgan fingerprint density at radius 1 is 1.32 bits per heavy atom. The van der Waals surface area contributed by atoms with Crippen LogP contribution in [0.4, 0.5) is 5.82 Å². The molecular formula is C15H22ClN5O. The Morgan fingerprint density at radius 3 is 2.86 bits per heavy atom. The Morgan fingerprint density at radius 2 is 2.14 bits per heavy atom. The molecule has 2 aromatic heterocycles. The van der Waals surface area contributed by atoms with E-state index in [0.717, 1.165) is 43.0 Å². The molecule has 7 heteroatoms. The predicted octanol–water partition coefficient (Wildman–Crippen LogP) is 2.58. The van der Waals surface area contributed by atoms with Gasteiger partial charge in [-0.2, -0.15) is 9.97 Å². The molecule has 1 aliphatic heterocycles. The third-order valence-corrected chi connectivity index (χ3v) is 4.34. The molecule has 3 heterocycles. The Balaban J connectivity index is 2.10. The molecule has 0 aliphatic carbocycles. The SMILES string of the molecule is CCCCc1nc2nc(Cl)nc(N3CCOCC3C)c2n1C. The minimum Gasteiger partial charge on any atom is -0.377 e. The van der Waals surface area contributed by atoms with Crippen LogP contribution in [0.15, 0.2) is 0 Å². The molecule has 120 valence electrons. The van der Waals surface area contributed by atoms with E-state index in [1.165, 1.54) is 0 Å². The van der Waals surface area contributed by atoms with E-state index in [0.29, 0.717) is 18.9 Å². The van der Waals surface area contributed by atoms with Crippen LogP contribution in [0, 0.1) is 0 Å². The topological polar surface area (TPSA) is 56.1 Å². The van der Waals surface area contributed by atoms with Gasteiger partial charge in [0.1, 0.15) is 11.3 Å². The number of rotatable bonds is 4. The molecule has 22 heavy (non-hydrogen) atoms. The van der Waals surface area contributed by atoms with E-state index >= 15 is 0 Å². The Labute approximate surface area is 135 Å². The summed E-state index contributed by atoms with van der Waals surface area (Å²) < 4.78 is 7.63. The fourth-order valence-electron chi connectivity index (χ4n) is 2.91. The van der Waals surface area contributed by atoms with Crippen LogP contribution in [0.1, 0.15) is 32.5 Å². The normalized spacial score (nSPS) is 19.1. The van der Waals surface area contributed by atoms with Crippen LogP contribution in [0.3, 0.4) is 0 Å². The molecule has 6 nitrogen and oxygen atoms in total. The summed E-state index contributed by atoms with van der Waals surface area (Å²) in [6.07, 6.45) is 3.20. The summed E-state index contributed by atoms with van der Waals surface area (Å²) in [4.78, 5) is 15.7. The van der Waals surface area contributed by atoms with E-state index in [4.69, 9.17) is 16.3 Å². The lowest BCUT2D eigenvalue weighted by atomic mass is 10.2. The predicted molar refractivity (Wildman–Crippen MR) is 87.6 cm³/mol. The smallest absolute Gasteiger partial charge is 0.226 e. The summed E-state index contributed by atoms with van der Waals surface area (Å²) in [5.74, 6) is 1.90. The maximum absolute atomic E-state index is 6.13. The van der Waals surface area contributed by atoms with Gasteiger partial charge in [-0.3, -0.25) is 0 Å². The second-order valence-corrected chi connectivity index (χ2v) is 6.13. The van der Waals surface area contributed by atoms with E-state index < -0.39 is 0 Å². The second-order valence-electron chi connectivity index (χ2n) is 5.80. The molecule has 0 bridgehead atoms. The van der Waals surface area contributed by atoms with Crippen LogP contribution in [0.25, 0.3) is 11.2 Å². The number of anilines is 1. The highest BCUT2D eigenvalue weighted by Gasteiger charge is 2.25. The maximum Gasteiger partial charge on any atom is 0.226 e. The number of aromatic nitrogens is 4. The molecule has 0 aromatic carbocycles. The minimum atomic E-state index is 0.251. The third-order valence-electron chi connectivity index (χ3n) is 4.17. The first-order valence-corrected chi connectivity index (χ1v) is 8.22. The lowest BCUT2D eigenvalue weighted by Gasteiger charge is -2.34. The molecule has 1 saturated heterocycles. The molecule has 0 N–H and O–H groups in total. The zero-order valence-corrected chi connectivity index (χ0v) is 14.1. The number of hydrogen-bond acceptors (Lipinski definition) is 5. The largest absolute Gasteiger partial charge is 0.377 e. The lowest BCUT2D eigenvalue weighted by molar-refractivity contribution is 0.0986. The van der Waals surface area contributed by atoms with Gasteiger partial charge in [-0.15, -0.1) is 0 Å². The fourth-order valence-corrected chi connectivity index (χ4v) is 3.07. The molecule has 0 amide bonds. The van der Waals surface area contributed by atoms with Crippen LogP contribution >= 0.6 is 11.6 Å². The van der Waals surface area contributed by atoms with Crippen molar-refractivity contribution < 1.29 is 4.74 Å². The van der Waals surface area contributed by atoms with Gasteiger partial charge in [0.05, 0.1) is 19.3 Å². The molecule has 3 rings (SSSR count). The number of aryl methyl sites for hydroxylation is 2. The van der Waals surface area contributed by atoms with E-state index in [1.807, 2.05) is 7.05 Å². The van der Waals surface area contributed by atoms with Crippen molar-refractivity contribution in [2.45, 2.75) is 39.2 Å². The summed E-state index contributed by atoms with van der Waals surface area (Å²) in [5, 5.41) is 0.251. The number of imidazole rings is 1. The summed E-state index contributed by atoms with van der Waals surface area (Å²) in [5.41, 5.74) is 1.64. The van der Waals surface area contributed by atoms with Crippen LogP contribution < -0.4 is 4.90 Å². The van der Waals surface area contributed by atoms with Gasteiger partial charge in [-0.25, -0.2) is 4.98 Å². The molecule has 0 saturated carbocycles. The lowest BCUT2D eigenvalue weighted by Crippen LogP contribution is -2.44. The molecule has 1 unspecified atom stereocenters. The summed E-state index contributed by atoms with van der Waals surface area (Å²) >= 11 is 6.13. The molecule has 0 spiro atoms. The number of hydrogen-bond donors (Lipinski definition) is 0. The van der Waals surface area contributed by atoms with Crippen LogP contribution in [-0.2, 0) is 18.2 Å². The van der Waals surface area contributed by atoms with E-state index in [9.17, 15) is 0 Å². The minimum absolute atomic E-state index is 0.251. The van der Waals surface area contributed by atoms with Crippen molar-refractivity contribution in [3.05, 3.63) is 11.1 Å². The van der Waals surface area contributed by atoms with Gasteiger partial charge in [0.15, 0.2) is 11.5 Å². The summed E-state index contributed by atoms with van der Waals surface area (Å²) in [7, 11) is 2.03. The molecule has 1 fully saturated rings. The van der Waals surface area contributed by atoms with Crippen LogP contribution in [-0.4, -0.2) is 45.3 Å². The van der Waals surface area contributed by atoms with Crippen LogP contribution in [0.5, 0.6) is 0 Å². The van der Waals surface area contributed by atoms with Crippen molar-refractivity contribution in [2.75, 3.05) is 24.7 Å². The van der Waals surface area contributed by atoms with Crippen molar-refractivity contribution in [3.63, 3.8) is 0 Å². The van der Waals surface area contributed by atoms with Crippen molar-refractivity contribution >= 4 is 28.6 Å². The van der Waals surface area contributed by atoms with E-state index in [2.05, 4.69) is 38.3 Å². The number of ether oxygens (including phenoxy) is 1. The van der Waals surface area contributed by atoms with Gasteiger partial charge < -0.3 is 14.2 Å². The highest BCUT2D eigenvalue weighted by molar-refractivity contribution is 6.28. The molecule has 1 atom stereocenters. The maximum atomic E-state index is 6.13. The summed E-state index contributed by atoms with van der Waals surface area (Å²) in [6, 6.07) is 0.261. The molecular weight excluding hydrogens is 302 g/mol. The number of morpholine rings is 1. The molecule has 0 radical (unpaired) electrons. The highest BCUT2D eigenvalue weighted by Crippen LogP contribution is 2.28. The van der Waals surface area contributed by atoms with Gasteiger partial charge >= 0.3 is 0 Å². The fraction of sp³-hybridized carbons (Fsp3) is 0.667. The second kappa shape index (κ2) is 6.38. The van der Waals surface area contributed by atoms with E-state index in [1.54, 1.807) is 0 Å². The van der Waals surface area contributed by atoms with Crippen molar-refractivity contribution in [2.24, 2.45) is 7.05 Å². The average molecular weight is 324 g/mol. The summed E-state index contributed by atoms with van der Waals surface area (Å²) in [6.45, 7) is 6.52. The average Bonchev–Trinajstić information content (AvgIpc) is 2.81. The highest BCUT2D eigenvalue weighted by atomic mass is 35.5. The molecule has 2 aromatic rings. The number of halogens is 1. The molecule has 1 aliphatic rings. The van der Waals surface area contributed by atoms with Gasteiger partial charge in [0.2, 0.25) is 5.28 Å². The van der Waals surface area contributed by atoms with Gasteiger partial charge in [-0.1, -0.05) is 13.3 Å². The quantitative estimate of drug-likeness (QED) is 0.809. The number of unbranched alkanes of at least 4 members (excludes halogenated alkanes) is 1. The standard InChI is InChI=1S/C15H22ClN5O/c1-4-5-6-11-17-13-12(20(11)3)14(19-15(16)18-13)21-7-8-22-9-10(21)2/h10H,4-9H2,1-3H3. The van der Waals surface area contributed by atoms with Crippen molar-refractivity contribution in [1.82, 2.24) is 19.5 Å². The van der Waals surface area contributed by atoms with Gasteiger partial charge in [-0.05, 0) is 24.9 Å².